The number of aliphatic carboxylic acids is 1. The first-order chi connectivity index (χ1) is 9.56. The van der Waals surface area contributed by atoms with Crippen LogP contribution in [0.4, 0.5) is 0 Å². The van der Waals surface area contributed by atoms with Crippen LogP contribution >= 0.6 is 24.0 Å². The first-order valence-corrected chi connectivity index (χ1v) is 6.92. The van der Waals surface area contributed by atoms with Crippen LogP contribution in [0.25, 0.3) is 0 Å². The summed E-state index contributed by atoms with van der Waals surface area (Å²) >= 11 is 5.88. The third kappa shape index (κ3) is 5.19. The Balaban J connectivity index is 0.00000220. The van der Waals surface area contributed by atoms with Crippen LogP contribution in [0.5, 0.6) is 0 Å². The fourth-order valence-electron chi connectivity index (χ4n) is 2.49. The molecule has 1 atom stereocenters. The van der Waals surface area contributed by atoms with Gasteiger partial charge in [0, 0.05) is 11.1 Å². The zero-order valence-corrected chi connectivity index (χ0v) is 13.0. The van der Waals surface area contributed by atoms with E-state index >= 15 is 0 Å². The van der Waals surface area contributed by atoms with Crippen molar-refractivity contribution in [3.8, 4) is 0 Å². The Morgan fingerprint density at radius 1 is 1.33 bits per heavy atom. The van der Waals surface area contributed by atoms with E-state index in [0.717, 1.165) is 24.9 Å². The SMILES string of the molecule is Cl.O=C(O)CNC(=O)CN1CCCC1c1ccc(Cl)cc1. The number of halogens is 2. The minimum Gasteiger partial charge on any atom is -0.480 e. The Kier molecular flexibility index (Phi) is 6.95. The highest BCUT2D eigenvalue weighted by atomic mass is 35.5. The summed E-state index contributed by atoms with van der Waals surface area (Å²) in [7, 11) is 0. The van der Waals surface area contributed by atoms with Crippen molar-refractivity contribution in [2.45, 2.75) is 18.9 Å². The van der Waals surface area contributed by atoms with Gasteiger partial charge in [0.15, 0.2) is 0 Å². The number of rotatable bonds is 5. The topological polar surface area (TPSA) is 69.6 Å². The summed E-state index contributed by atoms with van der Waals surface area (Å²) in [5.74, 6) is -1.29. The van der Waals surface area contributed by atoms with Crippen molar-refractivity contribution in [1.29, 1.82) is 0 Å². The van der Waals surface area contributed by atoms with Crippen LogP contribution in [0.3, 0.4) is 0 Å². The Labute approximate surface area is 134 Å². The Bertz CT molecular complexity index is 493. The van der Waals surface area contributed by atoms with Gasteiger partial charge < -0.3 is 10.4 Å². The zero-order valence-electron chi connectivity index (χ0n) is 11.4. The first-order valence-electron chi connectivity index (χ1n) is 6.54. The van der Waals surface area contributed by atoms with Crippen molar-refractivity contribution >= 4 is 35.9 Å². The summed E-state index contributed by atoms with van der Waals surface area (Å²) in [6.07, 6.45) is 2.02. The number of carboxylic acids is 1. The molecule has 0 aliphatic carbocycles. The summed E-state index contributed by atoms with van der Waals surface area (Å²) in [4.78, 5) is 24.2. The maximum absolute atomic E-state index is 11.7. The summed E-state index contributed by atoms with van der Waals surface area (Å²) in [6.45, 7) is 0.729. The molecule has 1 aromatic carbocycles. The monoisotopic (exact) mass is 332 g/mol. The second kappa shape index (κ2) is 8.22. The minimum atomic E-state index is -1.03. The van der Waals surface area contributed by atoms with Crippen LogP contribution in [-0.2, 0) is 9.59 Å². The Morgan fingerprint density at radius 2 is 2.00 bits per heavy atom. The maximum atomic E-state index is 11.7. The molecule has 1 heterocycles. The Hall–Kier alpha value is -1.30. The summed E-state index contributed by atoms with van der Waals surface area (Å²) in [5, 5.41) is 11.6. The molecule has 116 valence electrons. The highest BCUT2D eigenvalue weighted by Crippen LogP contribution is 2.31. The molecule has 1 aliphatic rings. The predicted molar refractivity (Wildman–Crippen MR) is 82.9 cm³/mol. The molecule has 0 aromatic heterocycles. The van der Waals surface area contributed by atoms with Crippen molar-refractivity contribution < 1.29 is 14.7 Å². The zero-order chi connectivity index (χ0) is 14.5. The van der Waals surface area contributed by atoms with E-state index in [9.17, 15) is 9.59 Å². The second-order valence-electron chi connectivity index (χ2n) is 4.85. The van der Waals surface area contributed by atoms with Gasteiger partial charge in [0.2, 0.25) is 5.91 Å². The van der Waals surface area contributed by atoms with Crippen molar-refractivity contribution in [1.82, 2.24) is 10.2 Å². The minimum absolute atomic E-state index is 0. The average molecular weight is 333 g/mol. The van der Waals surface area contributed by atoms with Gasteiger partial charge in [-0.3, -0.25) is 14.5 Å². The van der Waals surface area contributed by atoms with Gasteiger partial charge in [-0.1, -0.05) is 23.7 Å². The molecule has 0 bridgehead atoms. The van der Waals surface area contributed by atoms with Gasteiger partial charge in [0.1, 0.15) is 6.54 Å². The molecule has 0 radical (unpaired) electrons. The second-order valence-corrected chi connectivity index (χ2v) is 5.29. The van der Waals surface area contributed by atoms with Gasteiger partial charge in [0.05, 0.1) is 6.54 Å². The fraction of sp³-hybridized carbons (Fsp3) is 0.429. The highest BCUT2D eigenvalue weighted by Gasteiger charge is 2.27. The molecule has 21 heavy (non-hydrogen) atoms. The smallest absolute Gasteiger partial charge is 0.322 e. The molecule has 1 amide bonds. The van der Waals surface area contributed by atoms with Gasteiger partial charge in [-0.25, -0.2) is 0 Å². The summed E-state index contributed by atoms with van der Waals surface area (Å²) in [5.41, 5.74) is 1.14. The number of carbonyl (C=O) groups is 2. The number of benzene rings is 1. The van der Waals surface area contributed by atoms with E-state index in [-0.39, 0.29) is 37.4 Å². The lowest BCUT2D eigenvalue weighted by Crippen LogP contribution is -2.39. The third-order valence-electron chi connectivity index (χ3n) is 3.40. The maximum Gasteiger partial charge on any atom is 0.322 e. The van der Waals surface area contributed by atoms with E-state index in [0.29, 0.717) is 5.02 Å². The lowest BCUT2D eigenvalue weighted by atomic mass is 10.0. The number of likely N-dealkylation sites (tertiary alicyclic amines) is 1. The molecule has 1 aromatic rings. The predicted octanol–water partition coefficient (Wildman–Crippen LogP) is 2.10. The molecule has 0 spiro atoms. The highest BCUT2D eigenvalue weighted by molar-refractivity contribution is 6.30. The molecule has 2 rings (SSSR count). The van der Waals surface area contributed by atoms with Crippen LogP contribution in [0.1, 0.15) is 24.4 Å². The molecule has 2 N–H and O–H groups in total. The van der Waals surface area contributed by atoms with E-state index < -0.39 is 5.97 Å². The first kappa shape index (κ1) is 17.8. The van der Waals surface area contributed by atoms with Crippen molar-refractivity contribution in [2.24, 2.45) is 0 Å². The van der Waals surface area contributed by atoms with Crippen molar-refractivity contribution in [3.05, 3.63) is 34.9 Å². The molecule has 1 unspecified atom stereocenters. The van der Waals surface area contributed by atoms with Gasteiger partial charge in [0.25, 0.3) is 0 Å². The largest absolute Gasteiger partial charge is 0.480 e. The number of amides is 1. The van der Waals surface area contributed by atoms with E-state index in [1.807, 2.05) is 24.3 Å². The quantitative estimate of drug-likeness (QED) is 0.866. The number of nitrogens with one attached hydrogen (secondary N) is 1. The molecule has 7 heteroatoms. The fourth-order valence-corrected chi connectivity index (χ4v) is 2.62. The number of carbonyl (C=O) groups excluding carboxylic acids is 1. The molecule has 1 saturated heterocycles. The molecule has 0 saturated carbocycles. The summed E-state index contributed by atoms with van der Waals surface area (Å²) < 4.78 is 0. The molecular weight excluding hydrogens is 315 g/mol. The van der Waals surface area contributed by atoms with Crippen molar-refractivity contribution in [3.63, 3.8) is 0 Å². The standard InChI is InChI=1S/C14H17ClN2O3.ClH/c15-11-5-3-10(4-6-11)12-2-1-7-17(12)9-13(18)16-8-14(19)20;/h3-6,12H,1-2,7-9H2,(H,16,18)(H,19,20);1H. The van der Waals surface area contributed by atoms with Crippen LogP contribution < -0.4 is 5.32 Å². The van der Waals surface area contributed by atoms with E-state index in [1.165, 1.54) is 0 Å². The van der Waals surface area contributed by atoms with Crippen LogP contribution in [0.15, 0.2) is 24.3 Å². The van der Waals surface area contributed by atoms with Crippen molar-refractivity contribution in [2.75, 3.05) is 19.6 Å². The number of hydrogen-bond donors (Lipinski definition) is 2. The third-order valence-corrected chi connectivity index (χ3v) is 3.65. The van der Waals surface area contributed by atoms with Gasteiger partial charge in [-0.2, -0.15) is 0 Å². The lowest BCUT2D eigenvalue weighted by molar-refractivity contribution is -0.138. The van der Waals surface area contributed by atoms with E-state index in [1.54, 1.807) is 0 Å². The molecular formula is C14H18Cl2N2O3. The molecule has 1 fully saturated rings. The Morgan fingerprint density at radius 3 is 2.62 bits per heavy atom. The van der Waals surface area contributed by atoms with Crippen LogP contribution in [0.2, 0.25) is 5.02 Å². The molecule has 5 nitrogen and oxygen atoms in total. The number of carboxylic acid groups (broad SMARTS) is 1. The van der Waals surface area contributed by atoms with E-state index in [4.69, 9.17) is 16.7 Å². The average Bonchev–Trinajstić information content (AvgIpc) is 2.85. The van der Waals surface area contributed by atoms with E-state index in [2.05, 4.69) is 10.2 Å². The van der Waals surface area contributed by atoms with Gasteiger partial charge in [-0.15, -0.1) is 12.4 Å². The van der Waals surface area contributed by atoms with Crippen LogP contribution in [-0.4, -0.2) is 41.5 Å². The van der Waals surface area contributed by atoms with Gasteiger partial charge >= 0.3 is 5.97 Å². The van der Waals surface area contributed by atoms with Gasteiger partial charge in [-0.05, 0) is 37.1 Å². The number of hydrogen-bond acceptors (Lipinski definition) is 3. The lowest BCUT2D eigenvalue weighted by Gasteiger charge is -2.24. The normalized spacial score (nSPS) is 18.0. The molecule has 1 aliphatic heterocycles. The number of nitrogens with zero attached hydrogens (tertiary/aromatic N) is 1. The van der Waals surface area contributed by atoms with Crippen LogP contribution in [0, 0.1) is 0 Å². The summed E-state index contributed by atoms with van der Waals surface area (Å²) in [6, 6.07) is 7.83.